The number of rotatable bonds is 7. The summed E-state index contributed by atoms with van der Waals surface area (Å²) in [6, 6.07) is 8.96. The Kier molecular flexibility index (Phi) is 6.32. The molecule has 2 aromatic rings. The number of hydrogen-bond donors (Lipinski definition) is 1. The van der Waals surface area contributed by atoms with Crippen LogP contribution in [0.3, 0.4) is 0 Å². The Bertz CT molecular complexity index is 1130. The van der Waals surface area contributed by atoms with Crippen molar-refractivity contribution in [3.05, 3.63) is 67.0 Å². The molecule has 0 spiro atoms. The Hall–Kier alpha value is -3.37. The molecule has 3 rings (SSSR count). The van der Waals surface area contributed by atoms with Crippen molar-refractivity contribution in [3.63, 3.8) is 0 Å². The number of halogens is 1. The lowest BCUT2D eigenvalue weighted by Gasteiger charge is -2.25. The molecule has 8 nitrogen and oxygen atoms in total. The Morgan fingerprint density at radius 3 is 2.35 bits per heavy atom. The highest BCUT2D eigenvalue weighted by atomic mass is 32.2. The van der Waals surface area contributed by atoms with Gasteiger partial charge in [0.15, 0.2) is 0 Å². The van der Waals surface area contributed by atoms with Crippen LogP contribution < -0.4 is 10.2 Å². The maximum atomic E-state index is 13.2. The second-order valence-corrected chi connectivity index (χ2v) is 8.72. The monoisotopic (exact) mass is 445 g/mol. The van der Waals surface area contributed by atoms with E-state index < -0.39 is 33.7 Å². The summed E-state index contributed by atoms with van der Waals surface area (Å²) in [5.74, 6) is -2.15. The van der Waals surface area contributed by atoms with Crippen molar-refractivity contribution < 1.29 is 27.2 Å². The maximum Gasteiger partial charge on any atom is 0.252 e. The second kappa shape index (κ2) is 8.78. The first-order chi connectivity index (χ1) is 14.6. The summed E-state index contributed by atoms with van der Waals surface area (Å²) in [6.07, 6.45) is 0.967. The van der Waals surface area contributed by atoms with Crippen LogP contribution in [0.25, 0.3) is 0 Å². The molecule has 1 fully saturated rings. The van der Waals surface area contributed by atoms with Crippen molar-refractivity contribution in [1.29, 1.82) is 0 Å². The number of hydrogen-bond acceptors (Lipinski definition) is 5. The molecule has 0 bridgehead atoms. The minimum Gasteiger partial charge on any atom is -0.326 e. The van der Waals surface area contributed by atoms with Crippen LogP contribution in [0.15, 0.2) is 66.1 Å². The fourth-order valence-corrected chi connectivity index (χ4v) is 4.82. The molecular weight excluding hydrogens is 425 g/mol. The Morgan fingerprint density at radius 2 is 1.81 bits per heavy atom. The highest BCUT2D eigenvalue weighted by Crippen LogP contribution is 2.29. The third-order valence-corrected chi connectivity index (χ3v) is 6.53. The van der Waals surface area contributed by atoms with Crippen LogP contribution in [0, 0.1) is 5.82 Å². The van der Waals surface area contributed by atoms with Crippen LogP contribution in [0.5, 0.6) is 0 Å². The van der Waals surface area contributed by atoms with E-state index in [1.54, 1.807) is 0 Å². The first-order valence-electron chi connectivity index (χ1n) is 9.28. The molecule has 0 radical (unpaired) electrons. The van der Waals surface area contributed by atoms with Crippen molar-refractivity contribution >= 4 is 39.1 Å². The van der Waals surface area contributed by atoms with Gasteiger partial charge in [-0.1, -0.05) is 6.08 Å². The molecule has 1 heterocycles. The van der Waals surface area contributed by atoms with E-state index in [1.165, 1.54) is 49.4 Å². The summed E-state index contributed by atoms with van der Waals surface area (Å²) in [5, 5.41) is 2.54. The Labute approximate surface area is 179 Å². The van der Waals surface area contributed by atoms with Gasteiger partial charge in [0, 0.05) is 19.2 Å². The van der Waals surface area contributed by atoms with Gasteiger partial charge in [0.1, 0.15) is 11.9 Å². The summed E-state index contributed by atoms with van der Waals surface area (Å²) in [4.78, 5) is 37.4. The van der Waals surface area contributed by atoms with Crippen LogP contribution >= 0.6 is 0 Å². The first kappa shape index (κ1) is 22.3. The molecule has 0 saturated carbocycles. The molecule has 1 unspecified atom stereocenters. The van der Waals surface area contributed by atoms with Gasteiger partial charge in [-0.25, -0.2) is 17.7 Å². The number of anilines is 2. The molecule has 31 heavy (non-hydrogen) atoms. The molecule has 10 heteroatoms. The number of nitrogens with zero attached hydrogens (tertiary/aromatic N) is 2. The van der Waals surface area contributed by atoms with Gasteiger partial charge < -0.3 is 5.32 Å². The topological polar surface area (TPSA) is 104 Å². The van der Waals surface area contributed by atoms with E-state index in [-0.39, 0.29) is 29.5 Å². The number of benzene rings is 2. The summed E-state index contributed by atoms with van der Waals surface area (Å²) in [5.41, 5.74) is 0.575. The van der Waals surface area contributed by atoms with Gasteiger partial charge in [-0.3, -0.25) is 14.4 Å². The highest BCUT2D eigenvalue weighted by Gasteiger charge is 2.46. The highest BCUT2D eigenvalue weighted by molar-refractivity contribution is 7.89. The zero-order valence-electron chi connectivity index (χ0n) is 16.6. The third-order valence-electron chi connectivity index (χ3n) is 4.65. The summed E-state index contributed by atoms with van der Waals surface area (Å²) < 4.78 is 40.6. The number of imide groups is 1. The number of nitrogens with one attached hydrogen (secondary N) is 1. The SMILES string of the molecule is C=CCN(C1CC(=O)N(c2ccc(F)cc2)C1=O)S(=O)(=O)c1ccc(NC(C)=O)cc1. The molecule has 1 N–H and O–H groups in total. The zero-order chi connectivity index (χ0) is 22.8. The minimum absolute atomic E-state index is 0.107. The molecule has 2 aromatic carbocycles. The predicted molar refractivity (Wildman–Crippen MR) is 112 cm³/mol. The average Bonchev–Trinajstić information content (AvgIpc) is 3.00. The molecule has 1 atom stereocenters. The molecule has 3 amide bonds. The van der Waals surface area contributed by atoms with Crippen LogP contribution in [-0.4, -0.2) is 43.0 Å². The molecule has 162 valence electrons. The van der Waals surface area contributed by atoms with Crippen molar-refractivity contribution in [1.82, 2.24) is 4.31 Å². The lowest BCUT2D eigenvalue weighted by Crippen LogP contribution is -2.45. The number of carbonyl (C=O) groups is 3. The molecule has 0 aromatic heterocycles. The molecule has 1 saturated heterocycles. The Morgan fingerprint density at radius 1 is 1.19 bits per heavy atom. The maximum absolute atomic E-state index is 13.2. The van der Waals surface area contributed by atoms with Crippen LogP contribution in [-0.2, 0) is 24.4 Å². The summed E-state index contributed by atoms with van der Waals surface area (Å²) >= 11 is 0. The smallest absolute Gasteiger partial charge is 0.252 e. The number of amides is 3. The van der Waals surface area contributed by atoms with Gasteiger partial charge in [-0.05, 0) is 48.5 Å². The van der Waals surface area contributed by atoms with E-state index in [0.29, 0.717) is 5.69 Å². The fourth-order valence-electron chi connectivity index (χ4n) is 3.27. The number of carbonyl (C=O) groups excluding carboxylic acids is 3. The minimum atomic E-state index is -4.17. The fraction of sp³-hybridized carbons (Fsp3) is 0.190. The van der Waals surface area contributed by atoms with E-state index in [9.17, 15) is 27.2 Å². The summed E-state index contributed by atoms with van der Waals surface area (Å²) in [6.45, 7) is 4.68. The third kappa shape index (κ3) is 4.54. The molecule has 0 aliphatic carbocycles. The van der Waals surface area contributed by atoms with Gasteiger partial charge in [-0.2, -0.15) is 4.31 Å². The van der Waals surface area contributed by atoms with E-state index in [1.807, 2.05) is 0 Å². The molecular formula is C21H20FN3O5S. The lowest BCUT2D eigenvalue weighted by molar-refractivity contribution is -0.122. The van der Waals surface area contributed by atoms with Crippen LogP contribution in [0.2, 0.25) is 0 Å². The van der Waals surface area contributed by atoms with E-state index in [4.69, 9.17) is 0 Å². The second-order valence-electron chi connectivity index (χ2n) is 6.83. The van der Waals surface area contributed by atoms with Crippen LogP contribution in [0.4, 0.5) is 15.8 Å². The normalized spacial score (nSPS) is 16.6. The summed E-state index contributed by atoms with van der Waals surface area (Å²) in [7, 11) is -4.17. The molecule has 1 aliphatic rings. The number of sulfonamides is 1. The van der Waals surface area contributed by atoms with Gasteiger partial charge in [-0.15, -0.1) is 6.58 Å². The van der Waals surface area contributed by atoms with E-state index in [0.717, 1.165) is 21.3 Å². The zero-order valence-corrected chi connectivity index (χ0v) is 17.4. The van der Waals surface area contributed by atoms with Crippen molar-refractivity contribution in [2.45, 2.75) is 24.3 Å². The quantitative estimate of drug-likeness (QED) is 0.520. The van der Waals surface area contributed by atoms with E-state index >= 15 is 0 Å². The first-order valence-corrected chi connectivity index (χ1v) is 10.7. The largest absolute Gasteiger partial charge is 0.326 e. The Balaban J connectivity index is 1.93. The lowest BCUT2D eigenvalue weighted by atomic mass is 10.2. The van der Waals surface area contributed by atoms with Crippen molar-refractivity contribution in [2.24, 2.45) is 0 Å². The molecule has 1 aliphatic heterocycles. The van der Waals surface area contributed by atoms with E-state index in [2.05, 4.69) is 11.9 Å². The predicted octanol–water partition coefficient (Wildman–Crippen LogP) is 2.29. The average molecular weight is 445 g/mol. The van der Waals surface area contributed by atoms with Gasteiger partial charge in [0.25, 0.3) is 5.91 Å². The van der Waals surface area contributed by atoms with Gasteiger partial charge in [0.05, 0.1) is 17.0 Å². The van der Waals surface area contributed by atoms with Gasteiger partial charge >= 0.3 is 0 Å². The van der Waals surface area contributed by atoms with Gasteiger partial charge in [0.2, 0.25) is 21.8 Å². The van der Waals surface area contributed by atoms with Crippen molar-refractivity contribution in [2.75, 3.05) is 16.8 Å². The standard InChI is InChI=1S/C21H20FN3O5S/c1-3-12-24(31(29,30)18-10-6-16(7-11-18)23-14(2)26)19-13-20(27)25(21(19)28)17-8-4-15(22)5-9-17/h3-11,19H,1,12-13H2,2H3,(H,23,26). The van der Waals surface area contributed by atoms with Crippen molar-refractivity contribution in [3.8, 4) is 0 Å². The van der Waals surface area contributed by atoms with Crippen LogP contribution in [0.1, 0.15) is 13.3 Å².